The molecule has 140 valence electrons. The Morgan fingerprint density at radius 3 is 2.65 bits per heavy atom. The van der Waals surface area contributed by atoms with Gasteiger partial charge in [0.15, 0.2) is 0 Å². The smallest absolute Gasteiger partial charge is 0.137 e. The Morgan fingerprint density at radius 1 is 1.23 bits per heavy atom. The highest BCUT2D eigenvalue weighted by Gasteiger charge is 2.28. The molecule has 0 radical (unpaired) electrons. The van der Waals surface area contributed by atoms with Crippen molar-refractivity contribution in [3.63, 3.8) is 0 Å². The molecule has 0 spiro atoms. The van der Waals surface area contributed by atoms with E-state index in [4.69, 9.17) is 4.74 Å². The maximum absolute atomic E-state index is 14.6. The molecule has 0 atom stereocenters. The number of hydrogen-bond acceptors (Lipinski definition) is 4. The van der Waals surface area contributed by atoms with E-state index in [0.717, 1.165) is 34.4 Å². The van der Waals surface area contributed by atoms with Gasteiger partial charge >= 0.3 is 0 Å². The van der Waals surface area contributed by atoms with Gasteiger partial charge in [0.05, 0.1) is 13.3 Å². The normalized spacial score (nSPS) is 17.3. The van der Waals surface area contributed by atoms with Crippen molar-refractivity contribution in [1.82, 2.24) is 10.6 Å². The molecule has 3 rings (SSSR count). The van der Waals surface area contributed by atoms with E-state index in [0.29, 0.717) is 10.6 Å². The molecule has 0 aromatic heterocycles. The fraction of sp³-hybridized carbons (Fsp3) is 0.400. The summed E-state index contributed by atoms with van der Waals surface area (Å²) in [5.41, 5.74) is 2.19. The predicted octanol–water partition coefficient (Wildman–Crippen LogP) is 5.11. The van der Waals surface area contributed by atoms with Crippen LogP contribution in [0.4, 0.5) is 4.39 Å². The van der Waals surface area contributed by atoms with Crippen LogP contribution in [-0.2, 0) is 5.75 Å². The van der Waals surface area contributed by atoms with E-state index >= 15 is 0 Å². The van der Waals surface area contributed by atoms with E-state index in [9.17, 15) is 4.39 Å². The monoisotopic (exact) mass is 438 g/mol. The number of halogens is 2. The van der Waals surface area contributed by atoms with Crippen molar-refractivity contribution in [1.29, 1.82) is 0 Å². The number of thioether (sulfide) groups is 1. The van der Waals surface area contributed by atoms with Gasteiger partial charge in [-0.25, -0.2) is 4.39 Å². The van der Waals surface area contributed by atoms with Crippen LogP contribution < -0.4 is 15.4 Å². The zero-order valence-corrected chi connectivity index (χ0v) is 17.6. The summed E-state index contributed by atoms with van der Waals surface area (Å²) in [6, 6.07) is 11.2. The van der Waals surface area contributed by atoms with E-state index in [-0.39, 0.29) is 17.4 Å². The van der Waals surface area contributed by atoms with E-state index in [1.807, 2.05) is 24.3 Å². The molecule has 1 aliphatic rings. The molecule has 2 aromatic rings. The van der Waals surface area contributed by atoms with Crippen molar-refractivity contribution in [3.8, 4) is 5.75 Å². The van der Waals surface area contributed by atoms with Crippen LogP contribution in [0.2, 0.25) is 0 Å². The van der Waals surface area contributed by atoms with Crippen molar-refractivity contribution in [2.24, 2.45) is 5.41 Å². The molecule has 0 unspecified atom stereocenters. The lowest BCUT2D eigenvalue weighted by atomic mass is 9.90. The maximum Gasteiger partial charge on any atom is 0.137 e. The topological polar surface area (TPSA) is 33.3 Å². The molecule has 3 nitrogen and oxygen atoms in total. The second kappa shape index (κ2) is 8.30. The zero-order valence-electron chi connectivity index (χ0n) is 15.2. The number of methoxy groups -OCH3 is 1. The standard InChI is InChI=1S/C20H24BrFN2OS/c1-20(2)11-23-19(24-12-20)15-5-4-6-16(22)18(15)26-10-13-9-14(21)7-8-17(13)25-3/h4-9,19,23-24H,10-12H2,1-3H3. The lowest BCUT2D eigenvalue weighted by Gasteiger charge is -2.37. The van der Waals surface area contributed by atoms with Crippen LogP contribution in [0.1, 0.15) is 31.1 Å². The second-order valence-electron chi connectivity index (χ2n) is 7.26. The molecular formula is C20H24BrFN2OS. The first-order valence-corrected chi connectivity index (χ1v) is 10.4. The summed E-state index contributed by atoms with van der Waals surface area (Å²) < 4.78 is 21.0. The summed E-state index contributed by atoms with van der Waals surface area (Å²) in [6.45, 7) is 6.21. The van der Waals surface area contributed by atoms with E-state index in [2.05, 4.69) is 40.4 Å². The third kappa shape index (κ3) is 4.60. The zero-order chi connectivity index (χ0) is 18.7. The molecule has 0 bridgehead atoms. The Bertz CT molecular complexity index is 774. The third-order valence-corrected chi connectivity index (χ3v) is 6.16. The van der Waals surface area contributed by atoms with Crippen LogP contribution in [0.15, 0.2) is 45.8 Å². The van der Waals surface area contributed by atoms with Crippen molar-refractivity contribution < 1.29 is 9.13 Å². The number of ether oxygens (including phenoxy) is 1. The molecule has 2 aromatic carbocycles. The molecule has 6 heteroatoms. The Morgan fingerprint density at radius 2 is 1.96 bits per heavy atom. The largest absolute Gasteiger partial charge is 0.496 e. The summed E-state index contributed by atoms with van der Waals surface area (Å²) in [5.74, 6) is 1.26. The van der Waals surface area contributed by atoms with Crippen molar-refractivity contribution in [3.05, 3.63) is 57.8 Å². The summed E-state index contributed by atoms with van der Waals surface area (Å²) in [7, 11) is 1.66. The average molecular weight is 439 g/mol. The highest BCUT2D eigenvalue weighted by atomic mass is 79.9. The van der Waals surface area contributed by atoms with Gasteiger partial charge in [0.25, 0.3) is 0 Å². The van der Waals surface area contributed by atoms with E-state index in [1.54, 1.807) is 13.2 Å². The minimum absolute atomic E-state index is 0.0365. The molecule has 0 aliphatic carbocycles. The minimum Gasteiger partial charge on any atom is -0.496 e. The Labute approximate surface area is 167 Å². The van der Waals surface area contributed by atoms with Gasteiger partial charge in [-0.1, -0.05) is 41.9 Å². The van der Waals surface area contributed by atoms with Crippen LogP contribution in [0, 0.1) is 11.2 Å². The molecule has 1 heterocycles. The van der Waals surface area contributed by atoms with Crippen LogP contribution >= 0.6 is 27.7 Å². The van der Waals surface area contributed by atoms with Gasteiger partial charge in [0, 0.05) is 33.8 Å². The fourth-order valence-electron chi connectivity index (χ4n) is 3.03. The van der Waals surface area contributed by atoms with Crippen molar-refractivity contribution >= 4 is 27.7 Å². The highest BCUT2D eigenvalue weighted by molar-refractivity contribution is 9.10. The Kier molecular flexibility index (Phi) is 6.28. The molecular weight excluding hydrogens is 415 g/mol. The number of benzene rings is 2. The molecule has 1 saturated heterocycles. The summed E-state index contributed by atoms with van der Waals surface area (Å²) >= 11 is 5.00. The molecule has 0 saturated carbocycles. The predicted molar refractivity (Wildman–Crippen MR) is 109 cm³/mol. The van der Waals surface area contributed by atoms with Gasteiger partial charge in [-0.3, -0.25) is 10.6 Å². The SMILES string of the molecule is COc1ccc(Br)cc1CSc1c(F)cccc1C1NCC(C)(C)CN1. The molecule has 1 aliphatic heterocycles. The van der Waals surface area contributed by atoms with Crippen molar-refractivity contribution in [2.45, 2.75) is 30.7 Å². The van der Waals surface area contributed by atoms with E-state index in [1.165, 1.54) is 17.8 Å². The van der Waals surface area contributed by atoms with Crippen molar-refractivity contribution in [2.75, 3.05) is 20.2 Å². The summed E-state index contributed by atoms with van der Waals surface area (Å²) in [6.07, 6.45) is -0.0365. The number of hydrogen-bond donors (Lipinski definition) is 2. The van der Waals surface area contributed by atoms with Crippen LogP contribution in [0.3, 0.4) is 0 Å². The molecule has 0 amide bonds. The molecule has 26 heavy (non-hydrogen) atoms. The molecule has 2 N–H and O–H groups in total. The van der Waals surface area contributed by atoms with Gasteiger partial charge in [-0.05, 0) is 35.2 Å². The van der Waals surface area contributed by atoms with Gasteiger partial charge in [0.2, 0.25) is 0 Å². The first kappa shape index (κ1) is 19.7. The average Bonchev–Trinajstić information content (AvgIpc) is 2.61. The Hall–Kier alpha value is -1.08. The Balaban J connectivity index is 1.81. The van der Waals surface area contributed by atoms with Gasteiger partial charge in [-0.2, -0.15) is 0 Å². The third-order valence-electron chi connectivity index (χ3n) is 4.49. The number of nitrogens with one attached hydrogen (secondary N) is 2. The fourth-order valence-corrected chi connectivity index (χ4v) is 4.52. The maximum atomic E-state index is 14.6. The van der Waals surface area contributed by atoms with Gasteiger partial charge in [0.1, 0.15) is 11.6 Å². The van der Waals surface area contributed by atoms with E-state index < -0.39 is 0 Å². The summed E-state index contributed by atoms with van der Waals surface area (Å²) in [4.78, 5) is 0.680. The quantitative estimate of drug-likeness (QED) is 0.635. The van der Waals surface area contributed by atoms with Crippen LogP contribution in [-0.4, -0.2) is 20.2 Å². The van der Waals surface area contributed by atoms with Gasteiger partial charge in [-0.15, -0.1) is 11.8 Å². The lowest BCUT2D eigenvalue weighted by Crippen LogP contribution is -2.51. The lowest BCUT2D eigenvalue weighted by molar-refractivity contribution is 0.217. The highest BCUT2D eigenvalue weighted by Crippen LogP contribution is 2.36. The van der Waals surface area contributed by atoms with Gasteiger partial charge < -0.3 is 4.74 Å². The van der Waals surface area contributed by atoms with Crippen LogP contribution in [0.25, 0.3) is 0 Å². The number of rotatable bonds is 5. The first-order valence-electron chi connectivity index (χ1n) is 8.60. The first-order chi connectivity index (χ1) is 12.4. The molecule has 1 fully saturated rings. The summed E-state index contributed by atoms with van der Waals surface area (Å²) in [5, 5.41) is 7.00. The van der Waals surface area contributed by atoms with Crippen LogP contribution in [0.5, 0.6) is 5.75 Å². The second-order valence-corrected chi connectivity index (χ2v) is 9.16. The minimum atomic E-state index is -0.185.